The summed E-state index contributed by atoms with van der Waals surface area (Å²) in [5, 5.41) is 11.0. The van der Waals surface area contributed by atoms with Crippen molar-refractivity contribution in [3.05, 3.63) is 17.0 Å². The normalized spacial score (nSPS) is 16.1. The maximum Gasteiger partial charge on any atom is 0.220 e. The third-order valence-corrected chi connectivity index (χ3v) is 5.66. The fourth-order valence-corrected chi connectivity index (χ4v) is 3.97. The van der Waals surface area contributed by atoms with Gasteiger partial charge in [-0.1, -0.05) is 19.3 Å². The highest BCUT2D eigenvalue weighted by Crippen LogP contribution is 2.27. The summed E-state index contributed by atoms with van der Waals surface area (Å²) in [7, 11) is 0. The van der Waals surface area contributed by atoms with Crippen molar-refractivity contribution >= 4 is 17.7 Å². The highest BCUT2D eigenvalue weighted by Gasteiger charge is 2.13. The zero-order valence-electron chi connectivity index (χ0n) is 13.2. The van der Waals surface area contributed by atoms with Crippen LogP contribution in [0, 0.1) is 13.8 Å². The van der Waals surface area contributed by atoms with E-state index in [4.69, 9.17) is 0 Å². The monoisotopic (exact) mass is 309 g/mol. The molecule has 1 saturated carbocycles. The lowest BCUT2D eigenvalue weighted by molar-refractivity contribution is -0.120. The van der Waals surface area contributed by atoms with E-state index in [-0.39, 0.29) is 5.91 Å². The van der Waals surface area contributed by atoms with Crippen LogP contribution in [0.2, 0.25) is 0 Å². The number of aromatic nitrogens is 2. The molecular weight excluding hydrogens is 282 g/mol. The Balaban J connectivity index is 1.56. The van der Waals surface area contributed by atoms with E-state index in [1.54, 1.807) is 0 Å². The van der Waals surface area contributed by atoms with Crippen molar-refractivity contribution in [2.75, 3.05) is 12.3 Å². The van der Waals surface area contributed by atoms with E-state index in [1.165, 1.54) is 37.7 Å². The molecule has 0 spiro atoms. The Morgan fingerprint density at radius 1 is 1.33 bits per heavy atom. The molecule has 1 aliphatic rings. The predicted octanol–water partition coefficient (Wildman–Crippen LogP) is 3.14. The molecule has 118 valence electrons. The number of nitrogens with zero attached hydrogens (tertiary/aromatic N) is 1. The van der Waals surface area contributed by atoms with Crippen LogP contribution < -0.4 is 5.32 Å². The largest absolute Gasteiger partial charge is 0.355 e. The summed E-state index contributed by atoms with van der Waals surface area (Å²) < 4.78 is 0. The van der Waals surface area contributed by atoms with E-state index < -0.39 is 0 Å². The van der Waals surface area contributed by atoms with Gasteiger partial charge in [-0.15, -0.1) is 0 Å². The molecule has 2 rings (SSSR count). The number of aryl methyl sites for hydroxylation is 2. The molecule has 0 aliphatic heterocycles. The Morgan fingerprint density at radius 2 is 2.10 bits per heavy atom. The van der Waals surface area contributed by atoms with Crippen LogP contribution in [0.4, 0.5) is 0 Å². The zero-order chi connectivity index (χ0) is 15.1. The van der Waals surface area contributed by atoms with Gasteiger partial charge in [0.1, 0.15) is 0 Å². The number of H-pyrrole nitrogens is 1. The van der Waals surface area contributed by atoms with Crippen LogP contribution in [0.1, 0.15) is 55.5 Å². The summed E-state index contributed by atoms with van der Waals surface area (Å²) in [6.45, 7) is 4.85. The molecule has 1 aromatic heterocycles. The molecule has 0 bridgehead atoms. The average molecular weight is 309 g/mol. The van der Waals surface area contributed by atoms with E-state index in [0.717, 1.165) is 35.4 Å². The first kappa shape index (κ1) is 16.4. The van der Waals surface area contributed by atoms with Crippen molar-refractivity contribution in [3.8, 4) is 0 Å². The fourth-order valence-electron chi connectivity index (χ4n) is 2.75. The van der Waals surface area contributed by atoms with Gasteiger partial charge in [0.25, 0.3) is 0 Å². The standard InChI is InChI=1S/C16H27N3OS/c1-12-13(2)18-19-15(12)8-9-16(20)17-10-11-21-14-6-4-3-5-7-14/h14H,3-11H2,1-2H3,(H,17,20)(H,18,19). The van der Waals surface area contributed by atoms with Crippen molar-refractivity contribution in [1.29, 1.82) is 0 Å². The molecule has 1 amide bonds. The number of nitrogens with one attached hydrogen (secondary N) is 2. The maximum atomic E-state index is 11.8. The maximum absolute atomic E-state index is 11.8. The van der Waals surface area contributed by atoms with Crippen LogP contribution in [-0.4, -0.2) is 33.7 Å². The molecule has 1 heterocycles. The Bertz CT molecular complexity index is 452. The Kier molecular flexibility index (Phi) is 6.61. The topological polar surface area (TPSA) is 57.8 Å². The van der Waals surface area contributed by atoms with Crippen LogP contribution >= 0.6 is 11.8 Å². The third kappa shape index (κ3) is 5.38. The minimum atomic E-state index is 0.138. The Morgan fingerprint density at radius 3 is 2.76 bits per heavy atom. The zero-order valence-corrected chi connectivity index (χ0v) is 14.0. The quantitative estimate of drug-likeness (QED) is 0.761. The van der Waals surface area contributed by atoms with Crippen molar-refractivity contribution in [2.24, 2.45) is 0 Å². The van der Waals surface area contributed by atoms with Crippen LogP contribution in [0.25, 0.3) is 0 Å². The van der Waals surface area contributed by atoms with Gasteiger partial charge in [-0.25, -0.2) is 0 Å². The van der Waals surface area contributed by atoms with Gasteiger partial charge in [-0.2, -0.15) is 16.9 Å². The summed E-state index contributed by atoms with van der Waals surface area (Å²) >= 11 is 2.03. The predicted molar refractivity (Wildman–Crippen MR) is 88.7 cm³/mol. The molecule has 0 saturated heterocycles. The molecular formula is C16H27N3OS. The Hall–Kier alpha value is -0.970. The Labute approximate surface area is 131 Å². The molecule has 5 heteroatoms. The number of rotatable bonds is 7. The third-order valence-electron chi connectivity index (χ3n) is 4.27. The van der Waals surface area contributed by atoms with Crippen LogP contribution in [0.5, 0.6) is 0 Å². The fraction of sp³-hybridized carbons (Fsp3) is 0.750. The van der Waals surface area contributed by atoms with E-state index in [2.05, 4.69) is 15.5 Å². The van der Waals surface area contributed by atoms with Gasteiger partial charge >= 0.3 is 0 Å². The van der Waals surface area contributed by atoms with Crippen molar-refractivity contribution in [3.63, 3.8) is 0 Å². The summed E-state index contributed by atoms with van der Waals surface area (Å²) in [5.41, 5.74) is 3.28. The smallest absolute Gasteiger partial charge is 0.220 e. The SMILES string of the molecule is Cc1[nH]nc(CCC(=O)NCCSC2CCCCC2)c1C. The first-order valence-electron chi connectivity index (χ1n) is 8.05. The molecule has 1 fully saturated rings. The van der Waals surface area contributed by atoms with Crippen molar-refractivity contribution < 1.29 is 4.79 Å². The summed E-state index contributed by atoms with van der Waals surface area (Å²) in [4.78, 5) is 11.8. The number of carbonyl (C=O) groups excluding carboxylic acids is 1. The van der Waals surface area contributed by atoms with E-state index in [9.17, 15) is 4.79 Å². The van der Waals surface area contributed by atoms with Crippen molar-refractivity contribution in [1.82, 2.24) is 15.5 Å². The van der Waals surface area contributed by atoms with Gasteiger partial charge in [0.2, 0.25) is 5.91 Å². The lowest BCUT2D eigenvalue weighted by Crippen LogP contribution is -2.26. The highest BCUT2D eigenvalue weighted by atomic mass is 32.2. The molecule has 4 nitrogen and oxygen atoms in total. The molecule has 0 unspecified atom stereocenters. The van der Waals surface area contributed by atoms with Gasteiger partial charge < -0.3 is 5.32 Å². The number of hydrogen-bond donors (Lipinski definition) is 2. The summed E-state index contributed by atoms with van der Waals surface area (Å²) in [6.07, 6.45) is 8.13. The van der Waals surface area contributed by atoms with Crippen LogP contribution in [-0.2, 0) is 11.2 Å². The molecule has 21 heavy (non-hydrogen) atoms. The van der Waals surface area contributed by atoms with Gasteiger partial charge in [0.05, 0.1) is 5.69 Å². The molecule has 2 N–H and O–H groups in total. The second-order valence-corrected chi connectivity index (χ2v) is 7.31. The van der Waals surface area contributed by atoms with Gasteiger partial charge in [-0.3, -0.25) is 9.89 Å². The molecule has 0 atom stereocenters. The number of aromatic amines is 1. The number of hydrogen-bond acceptors (Lipinski definition) is 3. The lowest BCUT2D eigenvalue weighted by atomic mass is 10.0. The molecule has 1 aromatic rings. The minimum Gasteiger partial charge on any atom is -0.355 e. The number of carbonyl (C=O) groups is 1. The average Bonchev–Trinajstić information content (AvgIpc) is 2.82. The molecule has 1 aliphatic carbocycles. The molecule has 0 aromatic carbocycles. The molecule has 0 radical (unpaired) electrons. The van der Waals surface area contributed by atoms with Gasteiger partial charge in [0.15, 0.2) is 0 Å². The second kappa shape index (κ2) is 8.47. The van der Waals surface area contributed by atoms with Crippen molar-refractivity contribution in [2.45, 2.75) is 64.0 Å². The first-order valence-corrected chi connectivity index (χ1v) is 9.10. The van der Waals surface area contributed by atoms with Crippen LogP contribution in [0.15, 0.2) is 0 Å². The minimum absolute atomic E-state index is 0.138. The number of amides is 1. The van der Waals surface area contributed by atoms with E-state index >= 15 is 0 Å². The highest BCUT2D eigenvalue weighted by molar-refractivity contribution is 7.99. The van der Waals surface area contributed by atoms with Gasteiger partial charge in [0, 0.05) is 36.1 Å². The lowest BCUT2D eigenvalue weighted by Gasteiger charge is -2.20. The van der Waals surface area contributed by atoms with Gasteiger partial charge in [-0.05, 0) is 32.3 Å². The first-order chi connectivity index (χ1) is 10.2. The van der Waals surface area contributed by atoms with Crippen LogP contribution in [0.3, 0.4) is 0 Å². The van der Waals surface area contributed by atoms with E-state index in [1.807, 2.05) is 25.6 Å². The summed E-state index contributed by atoms with van der Waals surface area (Å²) in [5.74, 6) is 1.18. The number of thioether (sulfide) groups is 1. The summed E-state index contributed by atoms with van der Waals surface area (Å²) in [6, 6.07) is 0. The second-order valence-electron chi connectivity index (χ2n) is 5.90. The van der Waals surface area contributed by atoms with E-state index in [0.29, 0.717) is 6.42 Å².